The van der Waals surface area contributed by atoms with Crippen molar-refractivity contribution in [2.24, 2.45) is 5.73 Å². The van der Waals surface area contributed by atoms with Gasteiger partial charge in [-0.1, -0.05) is 43.0 Å². The second-order valence-electron chi connectivity index (χ2n) is 2.22. The molecule has 0 aliphatic heterocycles. The molecule has 0 radical (unpaired) electrons. The Morgan fingerprint density at radius 3 is 2.10 bits per heavy atom. The van der Waals surface area contributed by atoms with Crippen LogP contribution in [0.5, 0.6) is 0 Å². The maximum absolute atomic E-state index is 5.51. The topological polar surface area (TPSA) is 26.0 Å². The maximum Gasteiger partial charge on any atom is 0.166 e. The summed E-state index contributed by atoms with van der Waals surface area (Å²) in [5.74, 6) is 0. The Hall–Kier alpha value is 0.830. The fourth-order valence-electron chi connectivity index (χ4n) is 0.611. The lowest BCUT2D eigenvalue weighted by Crippen LogP contribution is -2.24. The zero-order valence-electron chi connectivity index (χ0n) is 6.07. The fourth-order valence-corrected chi connectivity index (χ4v) is 0.878. The minimum atomic E-state index is -1.00. The van der Waals surface area contributed by atoms with Gasteiger partial charge in [-0.15, -0.1) is 12.4 Å². The first-order chi connectivity index (χ1) is 4.06. The average Bonchev–Trinajstić information content (AvgIpc) is 1.63. The van der Waals surface area contributed by atoms with Crippen LogP contribution in [0.25, 0.3) is 0 Å². The number of nitrogens with two attached hydrogens (primary N) is 1. The van der Waals surface area contributed by atoms with Crippen molar-refractivity contribution in [3.63, 3.8) is 0 Å². The van der Waals surface area contributed by atoms with Crippen LogP contribution in [-0.2, 0) is 0 Å². The largest absolute Gasteiger partial charge is 0.300 e. The lowest BCUT2D eigenvalue weighted by Gasteiger charge is -2.11. The van der Waals surface area contributed by atoms with E-state index in [1.54, 1.807) is 0 Å². The molecule has 10 heavy (non-hydrogen) atoms. The molecule has 0 aliphatic carbocycles. The first-order valence-electron chi connectivity index (χ1n) is 3.23. The van der Waals surface area contributed by atoms with Crippen LogP contribution in [0.2, 0.25) is 0 Å². The number of alkyl halides is 2. The zero-order chi connectivity index (χ0) is 7.33. The highest BCUT2D eigenvalue weighted by atomic mass is 35.5. The highest BCUT2D eigenvalue weighted by Gasteiger charge is 2.14. The number of unbranched alkanes of at least 4 members (excludes halogenated alkanes) is 2. The third kappa shape index (κ3) is 11.6. The Kier molecular flexibility index (Phi) is 8.77. The molecule has 0 heterocycles. The second kappa shape index (κ2) is 6.53. The normalized spacial score (nSPS) is 10.8. The molecule has 0 saturated carbocycles. The third-order valence-electron chi connectivity index (χ3n) is 1.11. The molecule has 0 fully saturated rings. The molecule has 0 unspecified atom stereocenters. The molecule has 0 saturated heterocycles. The van der Waals surface area contributed by atoms with Crippen LogP contribution in [0, 0.1) is 0 Å². The average molecular weight is 207 g/mol. The molecule has 0 atom stereocenters. The van der Waals surface area contributed by atoms with Crippen LogP contribution in [0.15, 0.2) is 0 Å². The number of hydrogen-bond acceptors (Lipinski definition) is 1. The number of halogens is 3. The maximum atomic E-state index is 5.51. The summed E-state index contributed by atoms with van der Waals surface area (Å²) in [6, 6.07) is 0. The monoisotopic (exact) mass is 205 g/mol. The molecule has 0 aromatic rings. The van der Waals surface area contributed by atoms with Gasteiger partial charge in [-0.25, -0.2) is 0 Å². The quantitative estimate of drug-likeness (QED) is 0.427. The summed E-state index contributed by atoms with van der Waals surface area (Å²) in [7, 11) is 0. The van der Waals surface area contributed by atoms with Crippen molar-refractivity contribution < 1.29 is 0 Å². The van der Waals surface area contributed by atoms with Crippen molar-refractivity contribution in [2.45, 2.75) is 37.1 Å². The van der Waals surface area contributed by atoms with E-state index in [0.717, 1.165) is 12.8 Å². The van der Waals surface area contributed by atoms with E-state index in [1.165, 1.54) is 6.42 Å². The van der Waals surface area contributed by atoms with Crippen molar-refractivity contribution in [3.8, 4) is 0 Å². The van der Waals surface area contributed by atoms with E-state index in [0.29, 0.717) is 6.42 Å². The van der Waals surface area contributed by atoms with Crippen molar-refractivity contribution in [1.82, 2.24) is 0 Å². The summed E-state index contributed by atoms with van der Waals surface area (Å²) in [5, 5.41) is 0. The minimum Gasteiger partial charge on any atom is -0.300 e. The van der Waals surface area contributed by atoms with Gasteiger partial charge >= 0.3 is 0 Å². The van der Waals surface area contributed by atoms with Crippen LogP contribution in [0.4, 0.5) is 0 Å². The molecular formula is C6H14Cl3N. The van der Waals surface area contributed by atoms with E-state index in [2.05, 4.69) is 6.92 Å². The van der Waals surface area contributed by atoms with Gasteiger partial charge < -0.3 is 5.73 Å². The molecule has 4 heteroatoms. The Bertz CT molecular complexity index is 69.9. The lowest BCUT2D eigenvalue weighted by atomic mass is 10.2. The molecule has 0 aliphatic rings. The molecule has 0 amide bonds. The molecule has 0 aromatic heterocycles. The van der Waals surface area contributed by atoms with E-state index in [-0.39, 0.29) is 12.4 Å². The SMILES string of the molecule is CCCCCC(N)(Cl)Cl.Cl. The summed E-state index contributed by atoms with van der Waals surface area (Å²) in [6.45, 7) is 2.13. The van der Waals surface area contributed by atoms with Gasteiger partial charge in [-0.2, -0.15) is 0 Å². The molecule has 0 aromatic carbocycles. The molecule has 2 N–H and O–H groups in total. The number of hydrogen-bond donors (Lipinski definition) is 1. The number of rotatable bonds is 4. The standard InChI is InChI=1S/C6H13Cl2N.ClH/c1-2-3-4-5-6(7,8)9;/h2-5,9H2,1H3;1H. The van der Waals surface area contributed by atoms with Gasteiger partial charge in [0.15, 0.2) is 4.46 Å². The smallest absolute Gasteiger partial charge is 0.166 e. The van der Waals surface area contributed by atoms with Crippen molar-refractivity contribution in [3.05, 3.63) is 0 Å². The molecule has 1 nitrogen and oxygen atoms in total. The van der Waals surface area contributed by atoms with Crippen LogP contribution in [-0.4, -0.2) is 4.46 Å². The van der Waals surface area contributed by atoms with Gasteiger partial charge in [0.2, 0.25) is 0 Å². The summed E-state index contributed by atoms with van der Waals surface area (Å²) in [5.41, 5.74) is 5.31. The van der Waals surface area contributed by atoms with E-state index >= 15 is 0 Å². The minimum absolute atomic E-state index is 0. The van der Waals surface area contributed by atoms with Gasteiger partial charge in [-0.3, -0.25) is 0 Å². The van der Waals surface area contributed by atoms with Gasteiger partial charge in [0, 0.05) is 0 Å². The molecule has 0 bridgehead atoms. The van der Waals surface area contributed by atoms with Crippen LogP contribution < -0.4 is 5.73 Å². The van der Waals surface area contributed by atoms with Gasteiger partial charge in [-0.05, 0) is 12.8 Å². The molecule has 64 valence electrons. The zero-order valence-corrected chi connectivity index (χ0v) is 8.40. The summed E-state index contributed by atoms with van der Waals surface area (Å²) in [6.07, 6.45) is 4.02. The molecule has 0 rings (SSSR count). The van der Waals surface area contributed by atoms with Gasteiger partial charge in [0.1, 0.15) is 0 Å². The van der Waals surface area contributed by atoms with E-state index in [4.69, 9.17) is 28.9 Å². The van der Waals surface area contributed by atoms with Crippen molar-refractivity contribution in [1.29, 1.82) is 0 Å². The van der Waals surface area contributed by atoms with Crippen molar-refractivity contribution in [2.75, 3.05) is 0 Å². The predicted molar refractivity (Wildman–Crippen MR) is 50.0 cm³/mol. The summed E-state index contributed by atoms with van der Waals surface area (Å²) < 4.78 is -1.00. The van der Waals surface area contributed by atoms with E-state index < -0.39 is 4.46 Å². The first kappa shape index (κ1) is 13.4. The summed E-state index contributed by atoms with van der Waals surface area (Å²) >= 11 is 11.0. The lowest BCUT2D eigenvalue weighted by molar-refractivity contribution is 0.621. The second-order valence-corrected chi connectivity index (χ2v) is 3.76. The van der Waals surface area contributed by atoms with Gasteiger partial charge in [0.25, 0.3) is 0 Å². The molecular weight excluding hydrogens is 192 g/mol. The predicted octanol–water partition coefficient (Wildman–Crippen LogP) is 3.08. The molecule has 0 spiro atoms. The highest BCUT2D eigenvalue weighted by molar-refractivity contribution is 6.47. The Morgan fingerprint density at radius 2 is 1.80 bits per heavy atom. The Balaban J connectivity index is 0. The highest BCUT2D eigenvalue weighted by Crippen LogP contribution is 2.20. The van der Waals surface area contributed by atoms with Crippen molar-refractivity contribution >= 4 is 35.6 Å². The first-order valence-corrected chi connectivity index (χ1v) is 3.98. The Morgan fingerprint density at radius 1 is 1.30 bits per heavy atom. The van der Waals surface area contributed by atoms with Crippen LogP contribution in [0.3, 0.4) is 0 Å². The van der Waals surface area contributed by atoms with Gasteiger partial charge in [0.05, 0.1) is 0 Å². The Labute approximate surface area is 78.7 Å². The van der Waals surface area contributed by atoms with E-state index in [9.17, 15) is 0 Å². The van der Waals surface area contributed by atoms with Crippen LogP contribution in [0.1, 0.15) is 32.6 Å². The summed E-state index contributed by atoms with van der Waals surface area (Å²) in [4.78, 5) is 0. The van der Waals surface area contributed by atoms with Crippen LogP contribution >= 0.6 is 35.6 Å². The third-order valence-corrected chi connectivity index (χ3v) is 1.49. The van der Waals surface area contributed by atoms with E-state index in [1.807, 2.05) is 0 Å². The fraction of sp³-hybridized carbons (Fsp3) is 1.00.